The summed E-state index contributed by atoms with van der Waals surface area (Å²) in [5.41, 5.74) is 0. The van der Waals surface area contributed by atoms with Gasteiger partial charge < -0.3 is 14.2 Å². The fraction of sp³-hybridized carbons (Fsp3) is 0.698. The maximum atomic E-state index is 12.8. The van der Waals surface area contributed by atoms with E-state index in [-0.39, 0.29) is 31.1 Å². The highest BCUT2D eigenvalue weighted by Crippen LogP contribution is 2.15. The smallest absolute Gasteiger partial charge is 0.306 e. The second kappa shape index (κ2) is 56.9. The van der Waals surface area contributed by atoms with Crippen LogP contribution in [0.5, 0.6) is 0 Å². The number of esters is 3. The maximum Gasteiger partial charge on any atom is 0.306 e. The van der Waals surface area contributed by atoms with Crippen molar-refractivity contribution in [1.29, 1.82) is 0 Å². The lowest BCUT2D eigenvalue weighted by Gasteiger charge is -2.18. The van der Waals surface area contributed by atoms with Crippen LogP contribution in [0.4, 0.5) is 0 Å². The highest BCUT2D eigenvalue weighted by Gasteiger charge is 2.19. The third kappa shape index (κ3) is 55.1. The first-order valence-corrected chi connectivity index (χ1v) is 28.7. The molecule has 0 bridgehead atoms. The highest BCUT2D eigenvalue weighted by molar-refractivity contribution is 5.71. The summed E-state index contributed by atoms with van der Waals surface area (Å²) in [4.78, 5) is 38.0. The standard InChI is InChI=1S/C63H106O6/c1-4-7-10-13-16-19-22-24-25-26-27-28-29-30-31-32-33-34-35-36-37-39-41-44-47-50-53-56-62(65)68-59-60(58-67-61(64)55-52-49-46-43-40-21-18-15-12-9-6-3)69-63(66)57-54-51-48-45-42-38-23-20-17-14-11-8-5-2/h7,10,16,19,24-25,27-28,30-31,33-34,36-37,41,44,60H,4-6,8-9,11-15,17-18,20-23,26,29,32,35,38-40,42-43,45-59H2,1-3H3/b10-7-,19-16-,25-24-,28-27-,31-30-,34-33-,37-36-,44-41-. The molecule has 0 aromatic carbocycles. The van der Waals surface area contributed by atoms with E-state index in [1.807, 2.05) is 0 Å². The molecule has 0 heterocycles. The maximum absolute atomic E-state index is 12.8. The molecule has 394 valence electrons. The van der Waals surface area contributed by atoms with Crippen LogP contribution in [-0.2, 0) is 28.6 Å². The lowest BCUT2D eigenvalue weighted by atomic mass is 10.0. The van der Waals surface area contributed by atoms with Gasteiger partial charge in [-0.25, -0.2) is 0 Å². The van der Waals surface area contributed by atoms with Crippen LogP contribution in [0.25, 0.3) is 0 Å². The molecule has 0 aromatic heterocycles. The van der Waals surface area contributed by atoms with Crippen molar-refractivity contribution >= 4 is 17.9 Å². The van der Waals surface area contributed by atoms with E-state index in [2.05, 4.69) is 118 Å². The molecule has 0 amide bonds. The van der Waals surface area contributed by atoms with E-state index in [9.17, 15) is 14.4 Å². The van der Waals surface area contributed by atoms with Crippen LogP contribution in [0.3, 0.4) is 0 Å². The lowest BCUT2D eigenvalue weighted by molar-refractivity contribution is -0.167. The molecular weight excluding hydrogens is 853 g/mol. The summed E-state index contributed by atoms with van der Waals surface area (Å²) in [6.45, 7) is 6.49. The van der Waals surface area contributed by atoms with Crippen LogP contribution in [0.15, 0.2) is 97.2 Å². The summed E-state index contributed by atoms with van der Waals surface area (Å²) in [5.74, 6) is -0.930. The number of unbranched alkanes of at least 4 members (excludes halogenated alkanes) is 24. The Morgan fingerprint density at radius 1 is 0.304 bits per heavy atom. The molecule has 0 spiro atoms. The topological polar surface area (TPSA) is 78.9 Å². The van der Waals surface area contributed by atoms with Gasteiger partial charge in [0.25, 0.3) is 0 Å². The molecule has 0 saturated heterocycles. The van der Waals surface area contributed by atoms with Crippen LogP contribution >= 0.6 is 0 Å². The van der Waals surface area contributed by atoms with Gasteiger partial charge in [0.05, 0.1) is 0 Å². The predicted molar refractivity (Wildman–Crippen MR) is 297 cm³/mol. The molecule has 0 radical (unpaired) electrons. The number of allylic oxidation sites excluding steroid dienone is 16. The van der Waals surface area contributed by atoms with Gasteiger partial charge in [-0.3, -0.25) is 14.4 Å². The van der Waals surface area contributed by atoms with Crippen LogP contribution < -0.4 is 0 Å². The summed E-state index contributed by atoms with van der Waals surface area (Å²) in [5, 5.41) is 0. The van der Waals surface area contributed by atoms with Crippen molar-refractivity contribution in [3.8, 4) is 0 Å². The molecule has 0 aliphatic heterocycles. The summed E-state index contributed by atoms with van der Waals surface area (Å²) < 4.78 is 16.8. The van der Waals surface area contributed by atoms with E-state index in [4.69, 9.17) is 14.2 Å². The van der Waals surface area contributed by atoms with E-state index in [0.717, 1.165) is 109 Å². The molecule has 69 heavy (non-hydrogen) atoms. The third-order valence-electron chi connectivity index (χ3n) is 12.1. The molecule has 0 fully saturated rings. The van der Waals surface area contributed by atoms with E-state index in [1.165, 1.54) is 116 Å². The minimum Gasteiger partial charge on any atom is -0.462 e. The second-order valence-corrected chi connectivity index (χ2v) is 18.8. The Labute approximate surface area is 426 Å². The van der Waals surface area contributed by atoms with Crippen molar-refractivity contribution in [2.45, 2.75) is 271 Å². The van der Waals surface area contributed by atoms with Gasteiger partial charge in [0, 0.05) is 19.3 Å². The minimum absolute atomic E-state index is 0.0882. The van der Waals surface area contributed by atoms with Crippen LogP contribution in [-0.4, -0.2) is 37.2 Å². The summed E-state index contributed by atoms with van der Waals surface area (Å²) in [6.07, 6.45) is 75.5. The van der Waals surface area contributed by atoms with Crippen LogP contribution in [0, 0.1) is 0 Å². The average molecular weight is 960 g/mol. The van der Waals surface area contributed by atoms with E-state index in [1.54, 1.807) is 0 Å². The van der Waals surface area contributed by atoms with Crippen molar-refractivity contribution in [3.63, 3.8) is 0 Å². The minimum atomic E-state index is -0.792. The molecule has 6 heteroatoms. The van der Waals surface area contributed by atoms with Gasteiger partial charge >= 0.3 is 17.9 Å². The zero-order valence-electron chi connectivity index (χ0n) is 45.0. The molecule has 0 aromatic rings. The van der Waals surface area contributed by atoms with Crippen molar-refractivity contribution in [2.75, 3.05) is 13.2 Å². The Kier molecular flexibility index (Phi) is 53.9. The van der Waals surface area contributed by atoms with Gasteiger partial charge in [0.1, 0.15) is 13.2 Å². The zero-order chi connectivity index (χ0) is 50.0. The van der Waals surface area contributed by atoms with Gasteiger partial charge in [-0.2, -0.15) is 0 Å². The second-order valence-electron chi connectivity index (χ2n) is 18.8. The molecule has 0 saturated carbocycles. The first-order chi connectivity index (χ1) is 34.0. The number of carbonyl (C=O) groups excluding carboxylic acids is 3. The molecule has 1 unspecified atom stereocenters. The van der Waals surface area contributed by atoms with Crippen LogP contribution in [0.1, 0.15) is 265 Å². The number of hydrogen-bond acceptors (Lipinski definition) is 6. The number of rotatable bonds is 51. The van der Waals surface area contributed by atoms with Gasteiger partial charge in [0.15, 0.2) is 6.10 Å². The molecule has 0 aliphatic carbocycles. The number of ether oxygens (including phenoxy) is 3. The van der Waals surface area contributed by atoms with Gasteiger partial charge in [0.2, 0.25) is 0 Å². The Bertz CT molecular complexity index is 1380. The molecule has 1 atom stereocenters. The van der Waals surface area contributed by atoms with E-state index < -0.39 is 6.10 Å². The number of carbonyl (C=O) groups is 3. The van der Waals surface area contributed by atoms with E-state index in [0.29, 0.717) is 19.3 Å². The molecular formula is C63H106O6. The molecule has 0 aliphatic rings. The SMILES string of the molecule is CC/C=C\C/C=C\C/C=C\C/C=C\C/C=C\C/C=C\C/C=C\C/C=C\CCCCC(=O)OCC(COC(=O)CCCCCCCCCCCCC)OC(=O)CCCCCCCCCCCCCCC. The van der Waals surface area contributed by atoms with Crippen molar-refractivity contribution in [3.05, 3.63) is 97.2 Å². The zero-order valence-corrected chi connectivity index (χ0v) is 45.0. The fourth-order valence-electron chi connectivity index (χ4n) is 7.81. The van der Waals surface area contributed by atoms with Crippen molar-refractivity contribution < 1.29 is 28.6 Å². The third-order valence-corrected chi connectivity index (χ3v) is 12.1. The van der Waals surface area contributed by atoms with Gasteiger partial charge in [-0.1, -0.05) is 259 Å². The first-order valence-electron chi connectivity index (χ1n) is 28.7. The lowest BCUT2D eigenvalue weighted by Crippen LogP contribution is -2.30. The Morgan fingerprint density at radius 3 is 0.884 bits per heavy atom. The van der Waals surface area contributed by atoms with Gasteiger partial charge in [-0.05, 0) is 83.5 Å². The van der Waals surface area contributed by atoms with Crippen molar-refractivity contribution in [1.82, 2.24) is 0 Å². The normalized spacial score (nSPS) is 12.8. The Morgan fingerprint density at radius 2 is 0.565 bits per heavy atom. The summed E-state index contributed by atoms with van der Waals surface area (Å²) in [7, 11) is 0. The molecule has 6 nitrogen and oxygen atoms in total. The summed E-state index contributed by atoms with van der Waals surface area (Å²) in [6, 6.07) is 0. The Balaban J connectivity index is 4.36. The Hall–Kier alpha value is -3.67. The predicted octanol–water partition coefficient (Wildman–Crippen LogP) is 19.3. The average Bonchev–Trinajstić information content (AvgIpc) is 3.35. The fourth-order valence-corrected chi connectivity index (χ4v) is 7.81. The monoisotopic (exact) mass is 959 g/mol. The largest absolute Gasteiger partial charge is 0.462 e. The van der Waals surface area contributed by atoms with E-state index >= 15 is 0 Å². The quantitative estimate of drug-likeness (QED) is 0.0262. The molecule has 0 N–H and O–H groups in total. The molecule has 0 rings (SSSR count). The van der Waals surface area contributed by atoms with Gasteiger partial charge in [-0.15, -0.1) is 0 Å². The van der Waals surface area contributed by atoms with Crippen molar-refractivity contribution in [2.24, 2.45) is 0 Å². The first kappa shape index (κ1) is 65.3. The highest BCUT2D eigenvalue weighted by atomic mass is 16.6. The van der Waals surface area contributed by atoms with Crippen LogP contribution in [0.2, 0.25) is 0 Å². The summed E-state index contributed by atoms with van der Waals surface area (Å²) >= 11 is 0. The number of hydrogen-bond donors (Lipinski definition) is 0.